The van der Waals surface area contributed by atoms with E-state index < -0.39 is 0 Å². The summed E-state index contributed by atoms with van der Waals surface area (Å²) in [5.41, 5.74) is 1.45. The molecule has 1 heterocycles. The number of ether oxygens (including phenoxy) is 1. The van der Waals surface area contributed by atoms with Crippen molar-refractivity contribution in [2.75, 3.05) is 6.61 Å². The van der Waals surface area contributed by atoms with Crippen molar-refractivity contribution in [2.45, 2.75) is 90.6 Å². The normalized spacial score (nSPS) is 33.8. The standard InChI is InChI=1S/C21H34O3/c1-16-7-3-4-10-19(22)11-6-12-21(23)18(14-20-15-24-20)13-17(2)9-5-8-16/h7,17-18,20H,3-6,8-15H2,1-2H3/b16-7+. The molecule has 136 valence electrons. The van der Waals surface area contributed by atoms with Crippen LogP contribution in [0.1, 0.15) is 84.5 Å². The third kappa shape index (κ3) is 7.74. The molecule has 1 fully saturated rings. The monoisotopic (exact) mass is 334 g/mol. The number of ketones is 2. The van der Waals surface area contributed by atoms with Gasteiger partial charge in [0.2, 0.25) is 0 Å². The molecule has 3 atom stereocenters. The van der Waals surface area contributed by atoms with Gasteiger partial charge in [0.1, 0.15) is 11.6 Å². The summed E-state index contributed by atoms with van der Waals surface area (Å²) in [5, 5.41) is 0. The topological polar surface area (TPSA) is 46.7 Å². The lowest BCUT2D eigenvalue weighted by Crippen LogP contribution is -2.20. The molecule has 3 unspecified atom stereocenters. The van der Waals surface area contributed by atoms with E-state index in [2.05, 4.69) is 19.9 Å². The van der Waals surface area contributed by atoms with Gasteiger partial charge >= 0.3 is 0 Å². The first-order valence-electron chi connectivity index (χ1n) is 9.86. The van der Waals surface area contributed by atoms with E-state index in [1.54, 1.807) is 0 Å². The van der Waals surface area contributed by atoms with Crippen LogP contribution in [-0.2, 0) is 14.3 Å². The highest BCUT2D eigenvalue weighted by atomic mass is 16.6. The van der Waals surface area contributed by atoms with Gasteiger partial charge in [0, 0.05) is 25.2 Å². The highest BCUT2D eigenvalue weighted by Gasteiger charge is 2.30. The predicted molar refractivity (Wildman–Crippen MR) is 97.0 cm³/mol. The summed E-state index contributed by atoms with van der Waals surface area (Å²) in [5.74, 6) is 1.39. The second-order valence-electron chi connectivity index (χ2n) is 7.92. The largest absolute Gasteiger partial charge is 0.373 e. The summed E-state index contributed by atoms with van der Waals surface area (Å²) < 4.78 is 5.35. The Morgan fingerprint density at radius 2 is 1.83 bits per heavy atom. The van der Waals surface area contributed by atoms with E-state index in [1.807, 2.05) is 0 Å². The zero-order valence-corrected chi connectivity index (χ0v) is 15.5. The number of rotatable bonds is 2. The maximum atomic E-state index is 12.6. The maximum Gasteiger partial charge on any atom is 0.136 e. The zero-order valence-electron chi connectivity index (χ0n) is 15.5. The molecule has 1 saturated heterocycles. The Morgan fingerprint density at radius 1 is 1.08 bits per heavy atom. The molecular formula is C21H34O3. The van der Waals surface area contributed by atoms with Gasteiger partial charge in [-0.15, -0.1) is 0 Å². The predicted octanol–water partition coefficient (Wildman–Crippen LogP) is 5.03. The Morgan fingerprint density at radius 3 is 2.58 bits per heavy atom. The fraction of sp³-hybridized carbons (Fsp3) is 0.810. The zero-order chi connectivity index (χ0) is 17.4. The molecule has 1 aliphatic carbocycles. The first-order chi connectivity index (χ1) is 11.5. The third-order valence-corrected chi connectivity index (χ3v) is 5.39. The lowest BCUT2D eigenvalue weighted by Gasteiger charge is -2.20. The number of hydrogen-bond acceptors (Lipinski definition) is 3. The highest BCUT2D eigenvalue weighted by molar-refractivity contribution is 5.82. The Bertz CT molecular complexity index is 448. The number of epoxide rings is 1. The lowest BCUT2D eigenvalue weighted by atomic mass is 9.84. The van der Waals surface area contributed by atoms with E-state index in [9.17, 15) is 9.59 Å². The highest BCUT2D eigenvalue weighted by Crippen LogP contribution is 2.29. The molecule has 24 heavy (non-hydrogen) atoms. The summed E-state index contributed by atoms with van der Waals surface area (Å²) in [6, 6.07) is 0. The van der Waals surface area contributed by atoms with Crippen LogP contribution in [-0.4, -0.2) is 24.3 Å². The summed E-state index contributed by atoms with van der Waals surface area (Å²) in [6.45, 7) is 5.30. The number of carbonyl (C=O) groups excluding carboxylic acids is 2. The maximum absolute atomic E-state index is 12.6. The number of carbonyl (C=O) groups is 2. The van der Waals surface area contributed by atoms with Gasteiger partial charge in [0.25, 0.3) is 0 Å². The molecule has 0 aromatic carbocycles. The molecule has 0 aromatic rings. The van der Waals surface area contributed by atoms with E-state index in [0.29, 0.717) is 42.9 Å². The van der Waals surface area contributed by atoms with Crippen LogP contribution in [0.3, 0.4) is 0 Å². The second-order valence-corrected chi connectivity index (χ2v) is 7.92. The smallest absolute Gasteiger partial charge is 0.136 e. The summed E-state index contributed by atoms with van der Waals surface area (Å²) >= 11 is 0. The molecular weight excluding hydrogens is 300 g/mol. The van der Waals surface area contributed by atoms with Gasteiger partial charge in [-0.25, -0.2) is 0 Å². The fourth-order valence-electron chi connectivity index (χ4n) is 3.75. The van der Waals surface area contributed by atoms with E-state index >= 15 is 0 Å². The van der Waals surface area contributed by atoms with Gasteiger partial charge in [-0.3, -0.25) is 9.59 Å². The minimum absolute atomic E-state index is 0.132. The molecule has 0 saturated carbocycles. The quantitative estimate of drug-likeness (QED) is 0.526. The average molecular weight is 335 g/mol. The van der Waals surface area contributed by atoms with Gasteiger partial charge in [-0.05, 0) is 57.8 Å². The molecule has 0 aromatic heterocycles. The number of Topliss-reactive ketones (excluding diaryl/α,β-unsaturated/α-hetero) is 2. The van der Waals surface area contributed by atoms with Crippen LogP contribution in [0, 0.1) is 11.8 Å². The molecule has 2 rings (SSSR count). The van der Waals surface area contributed by atoms with Gasteiger partial charge in [-0.2, -0.15) is 0 Å². The van der Waals surface area contributed by atoms with Gasteiger partial charge in [-0.1, -0.05) is 25.0 Å². The van der Waals surface area contributed by atoms with Crippen LogP contribution in [0.2, 0.25) is 0 Å². The van der Waals surface area contributed by atoms with Crippen molar-refractivity contribution in [1.82, 2.24) is 0 Å². The Kier molecular flexibility index (Phi) is 8.17. The van der Waals surface area contributed by atoms with Gasteiger partial charge in [0.15, 0.2) is 0 Å². The molecule has 1 aliphatic heterocycles. The van der Waals surface area contributed by atoms with E-state index in [0.717, 1.165) is 45.1 Å². The Labute approximate surface area is 147 Å². The van der Waals surface area contributed by atoms with Crippen LogP contribution in [0.25, 0.3) is 0 Å². The first-order valence-corrected chi connectivity index (χ1v) is 9.86. The number of allylic oxidation sites excluding steroid dienone is 2. The van der Waals surface area contributed by atoms with Crippen LogP contribution >= 0.6 is 0 Å². The minimum atomic E-state index is 0.132. The second kappa shape index (κ2) is 10.1. The van der Waals surface area contributed by atoms with Crippen molar-refractivity contribution in [1.29, 1.82) is 0 Å². The van der Waals surface area contributed by atoms with Gasteiger partial charge in [0.05, 0.1) is 12.7 Å². The van der Waals surface area contributed by atoms with Crippen molar-refractivity contribution in [2.24, 2.45) is 11.8 Å². The molecule has 2 aliphatic rings. The third-order valence-electron chi connectivity index (χ3n) is 5.39. The van der Waals surface area contributed by atoms with Crippen LogP contribution in [0.5, 0.6) is 0 Å². The number of hydrogen-bond donors (Lipinski definition) is 0. The SMILES string of the molecule is C/C1=C\CCCC(=O)CCCC(=O)C(CC2CO2)CC(C)CCC1. The molecule has 0 radical (unpaired) electrons. The summed E-state index contributed by atoms with van der Waals surface area (Å²) in [4.78, 5) is 24.5. The van der Waals surface area contributed by atoms with Crippen molar-refractivity contribution in [3.8, 4) is 0 Å². The molecule has 0 bridgehead atoms. The van der Waals surface area contributed by atoms with Crippen LogP contribution in [0.15, 0.2) is 11.6 Å². The van der Waals surface area contributed by atoms with Crippen molar-refractivity contribution in [3.05, 3.63) is 11.6 Å². The van der Waals surface area contributed by atoms with E-state index in [-0.39, 0.29) is 5.92 Å². The van der Waals surface area contributed by atoms with E-state index in [4.69, 9.17) is 4.74 Å². The Balaban J connectivity index is 1.93. The van der Waals surface area contributed by atoms with Gasteiger partial charge < -0.3 is 4.74 Å². The lowest BCUT2D eigenvalue weighted by molar-refractivity contribution is -0.124. The van der Waals surface area contributed by atoms with Crippen molar-refractivity contribution < 1.29 is 14.3 Å². The van der Waals surface area contributed by atoms with Crippen LogP contribution in [0.4, 0.5) is 0 Å². The minimum Gasteiger partial charge on any atom is -0.373 e. The molecule has 3 nitrogen and oxygen atoms in total. The summed E-state index contributed by atoms with van der Waals surface area (Å²) in [6.07, 6.45) is 12.5. The van der Waals surface area contributed by atoms with E-state index in [1.165, 1.54) is 18.4 Å². The first kappa shape index (κ1) is 19.4. The average Bonchev–Trinajstić information content (AvgIpc) is 3.34. The summed E-state index contributed by atoms with van der Waals surface area (Å²) in [7, 11) is 0. The van der Waals surface area contributed by atoms with Crippen LogP contribution < -0.4 is 0 Å². The molecule has 0 amide bonds. The molecule has 0 spiro atoms. The van der Waals surface area contributed by atoms with Crippen molar-refractivity contribution in [3.63, 3.8) is 0 Å². The Hall–Kier alpha value is -0.960. The van der Waals surface area contributed by atoms with Crippen molar-refractivity contribution >= 4 is 11.6 Å². The molecule has 3 heteroatoms. The fourth-order valence-corrected chi connectivity index (χ4v) is 3.75. The molecule has 0 N–H and O–H groups in total.